The van der Waals surface area contributed by atoms with Gasteiger partial charge in [0.15, 0.2) is 17.3 Å². The highest BCUT2D eigenvalue weighted by Gasteiger charge is 2.26. The minimum atomic E-state index is -0.407. The number of aromatic nitrogens is 2. The third kappa shape index (κ3) is 4.46. The Kier molecular flexibility index (Phi) is 6.75. The number of benzene rings is 3. The van der Waals surface area contributed by atoms with E-state index in [-0.39, 0.29) is 5.91 Å². The van der Waals surface area contributed by atoms with E-state index in [4.69, 9.17) is 9.47 Å². The quantitative estimate of drug-likeness (QED) is 0.374. The predicted molar refractivity (Wildman–Crippen MR) is 138 cm³/mol. The van der Waals surface area contributed by atoms with Gasteiger partial charge < -0.3 is 19.3 Å². The Morgan fingerprint density at radius 2 is 1.81 bits per heavy atom. The van der Waals surface area contributed by atoms with E-state index in [1.807, 2.05) is 18.2 Å². The molecule has 0 atom stereocenters. The summed E-state index contributed by atoms with van der Waals surface area (Å²) in [6.45, 7) is 5.45. The average molecular weight is 488 g/mol. The summed E-state index contributed by atoms with van der Waals surface area (Å²) < 4.78 is 27.0. The maximum absolute atomic E-state index is 14.2. The number of fused-ring (bicyclic) bond motifs is 1. The Bertz CT molecular complexity index is 1360. The van der Waals surface area contributed by atoms with Crippen LogP contribution >= 0.6 is 0 Å². The summed E-state index contributed by atoms with van der Waals surface area (Å²) in [7, 11) is 1.64. The highest BCUT2D eigenvalue weighted by atomic mass is 19.1. The summed E-state index contributed by atoms with van der Waals surface area (Å²) in [4.78, 5) is 17.6. The van der Waals surface area contributed by atoms with Gasteiger partial charge in [-0.05, 0) is 42.8 Å². The van der Waals surface area contributed by atoms with Gasteiger partial charge in [0.05, 0.1) is 24.9 Å². The lowest BCUT2D eigenvalue weighted by atomic mass is 10.2. The van der Waals surface area contributed by atoms with Crippen LogP contribution in [0, 0.1) is 11.9 Å². The Morgan fingerprint density at radius 3 is 2.53 bits per heavy atom. The summed E-state index contributed by atoms with van der Waals surface area (Å²) in [5.74, 6) is 1.27. The second kappa shape index (κ2) is 10.3. The van der Waals surface area contributed by atoms with Crippen molar-refractivity contribution in [3.8, 4) is 11.5 Å². The van der Waals surface area contributed by atoms with Crippen LogP contribution in [-0.4, -0.2) is 55.6 Å². The van der Waals surface area contributed by atoms with E-state index in [9.17, 15) is 9.18 Å². The largest absolute Gasteiger partial charge is 0.491 e. The van der Waals surface area contributed by atoms with Crippen LogP contribution in [-0.2, 0) is 0 Å². The van der Waals surface area contributed by atoms with E-state index in [0.29, 0.717) is 48.1 Å². The van der Waals surface area contributed by atoms with Crippen molar-refractivity contribution in [2.24, 2.45) is 0 Å². The molecule has 0 unspecified atom stereocenters. The van der Waals surface area contributed by atoms with Crippen molar-refractivity contribution in [1.29, 1.82) is 0 Å². The van der Waals surface area contributed by atoms with E-state index >= 15 is 0 Å². The Morgan fingerprint density at radius 1 is 1.06 bits per heavy atom. The zero-order valence-electron chi connectivity index (χ0n) is 20.4. The molecule has 7 nitrogen and oxygen atoms in total. The molecule has 1 aromatic heterocycles. The van der Waals surface area contributed by atoms with E-state index < -0.39 is 5.82 Å². The summed E-state index contributed by atoms with van der Waals surface area (Å²) in [5.41, 5.74) is 1.91. The van der Waals surface area contributed by atoms with Crippen LogP contribution in [0.2, 0.25) is 0 Å². The number of carbonyl (C=O) groups is 1. The Balaban J connectivity index is 1.41. The van der Waals surface area contributed by atoms with E-state index in [0.717, 1.165) is 30.6 Å². The topological polar surface area (TPSA) is 59.8 Å². The molecule has 0 N–H and O–H groups in total. The van der Waals surface area contributed by atoms with Crippen LogP contribution < -0.4 is 19.3 Å². The molecule has 0 bridgehead atoms. The number of ether oxygens (including phenoxy) is 2. The van der Waals surface area contributed by atoms with Gasteiger partial charge in [0.2, 0.25) is 0 Å². The number of hydrogen-bond acceptors (Lipinski definition) is 6. The zero-order valence-corrected chi connectivity index (χ0v) is 20.4. The molecular formula is C28H28FN4O3. The number of anilines is 2. The van der Waals surface area contributed by atoms with Crippen LogP contribution in [0.5, 0.6) is 11.5 Å². The number of hydrogen-bond donors (Lipinski definition) is 0. The van der Waals surface area contributed by atoms with Crippen LogP contribution in [0.4, 0.5) is 15.9 Å². The van der Waals surface area contributed by atoms with Crippen LogP contribution in [0.3, 0.4) is 0 Å². The summed E-state index contributed by atoms with van der Waals surface area (Å²) >= 11 is 0. The Hall–Kier alpha value is -4.07. The van der Waals surface area contributed by atoms with Crippen molar-refractivity contribution < 1.29 is 18.7 Å². The number of carbonyl (C=O) groups excluding carboxylic acids is 1. The van der Waals surface area contributed by atoms with Crippen molar-refractivity contribution in [3.63, 3.8) is 0 Å². The highest BCUT2D eigenvalue weighted by molar-refractivity contribution is 6.04. The van der Waals surface area contributed by atoms with Gasteiger partial charge in [-0.2, -0.15) is 4.68 Å². The molecule has 0 saturated carbocycles. The first-order chi connectivity index (χ1) is 17.6. The predicted octanol–water partition coefficient (Wildman–Crippen LogP) is 4.79. The fraction of sp³-hybridized carbons (Fsp3) is 0.286. The van der Waals surface area contributed by atoms with E-state index in [2.05, 4.69) is 27.9 Å². The minimum absolute atomic E-state index is 0.291. The molecule has 1 radical (unpaired) electrons. The highest BCUT2D eigenvalue weighted by Crippen LogP contribution is 2.38. The first-order valence-electron chi connectivity index (χ1n) is 12.1. The average Bonchev–Trinajstić information content (AvgIpc) is 3.30. The number of halogens is 1. The van der Waals surface area contributed by atoms with Crippen LogP contribution in [0.1, 0.15) is 23.7 Å². The molecule has 3 aromatic carbocycles. The molecule has 36 heavy (non-hydrogen) atoms. The number of piperazine rings is 1. The Labute approximate surface area is 209 Å². The van der Waals surface area contributed by atoms with Crippen molar-refractivity contribution in [3.05, 3.63) is 78.1 Å². The zero-order chi connectivity index (χ0) is 25.1. The fourth-order valence-electron chi connectivity index (χ4n) is 4.53. The van der Waals surface area contributed by atoms with Gasteiger partial charge in [-0.3, -0.25) is 4.79 Å². The summed E-state index contributed by atoms with van der Waals surface area (Å²) in [6.07, 6.45) is 0.900. The number of methoxy groups -OCH3 is 1. The normalized spacial score (nSPS) is 13.8. The molecule has 1 saturated heterocycles. The monoisotopic (exact) mass is 487 g/mol. The molecule has 0 amide bonds. The van der Waals surface area contributed by atoms with E-state index in [1.165, 1.54) is 16.8 Å². The molecule has 8 heteroatoms. The fourth-order valence-corrected chi connectivity index (χ4v) is 4.53. The van der Waals surface area contributed by atoms with Crippen LogP contribution in [0.25, 0.3) is 10.9 Å². The summed E-state index contributed by atoms with van der Waals surface area (Å²) in [5, 5.41) is 5.41. The lowest BCUT2D eigenvalue weighted by Crippen LogP contribution is -2.47. The first-order valence-corrected chi connectivity index (χ1v) is 12.1. The molecule has 0 spiro atoms. The summed E-state index contributed by atoms with van der Waals surface area (Å²) in [6, 6.07) is 20.4. The molecular weight excluding hydrogens is 459 g/mol. The number of nitrogens with zero attached hydrogens (tertiary/aromatic N) is 4. The maximum atomic E-state index is 14.2. The van der Waals surface area contributed by atoms with E-state index in [1.54, 1.807) is 37.4 Å². The van der Waals surface area contributed by atoms with Crippen molar-refractivity contribution in [2.75, 3.05) is 49.7 Å². The standard InChI is InChI=1S/C28H28FN4O3/c1-3-18-36-25-11-7-10-23(26(25)35-2)31-14-16-32(17-15-31)27-22-13-12-21(29)19-24(22)33(30-27)28(34)20-8-5-4-6-9-20/h4-10,12-13,19H,3,14-18H2,1-2H3. The van der Waals surface area contributed by atoms with Crippen molar-refractivity contribution >= 4 is 28.3 Å². The van der Waals surface area contributed by atoms with Gasteiger partial charge in [-0.25, -0.2) is 4.39 Å². The molecule has 4 aromatic rings. The van der Waals surface area contributed by atoms with Gasteiger partial charge in [0.25, 0.3) is 5.91 Å². The van der Waals surface area contributed by atoms with Gasteiger partial charge in [0.1, 0.15) is 5.82 Å². The maximum Gasteiger partial charge on any atom is 0.278 e. The third-order valence-electron chi connectivity index (χ3n) is 6.31. The SMILES string of the molecule is CCCOc1[c]ccc(N2CCN(c3nn(C(=O)c4ccccc4)c4cc(F)ccc34)CC2)c1OC. The number of rotatable bonds is 7. The van der Waals surface area contributed by atoms with Crippen molar-refractivity contribution in [1.82, 2.24) is 9.78 Å². The molecule has 1 fully saturated rings. The molecule has 5 rings (SSSR count). The lowest BCUT2D eigenvalue weighted by molar-refractivity contribution is 0.0950. The van der Waals surface area contributed by atoms with Crippen molar-refractivity contribution in [2.45, 2.75) is 13.3 Å². The second-order valence-electron chi connectivity index (χ2n) is 8.62. The lowest BCUT2D eigenvalue weighted by Gasteiger charge is -2.37. The molecule has 2 heterocycles. The molecule has 185 valence electrons. The van der Waals surface area contributed by atoms with Gasteiger partial charge in [-0.15, -0.1) is 5.10 Å². The smallest absolute Gasteiger partial charge is 0.278 e. The third-order valence-corrected chi connectivity index (χ3v) is 6.31. The van der Waals surface area contributed by atoms with Gasteiger partial charge >= 0.3 is 0 Å². The van der Waals surface area contributed by atoms with Gasteiger partial charge in [0, 0.05) is 49.3 Å². The first kappa shape index (κ1) is 23.7. The minimum Gasteiger partial charge on any atom is -0.491 e. The van der Waals surface area contributed by atoms with Crippen LogP contribution in [0.15, 0.2) is 60.7 Å². The molecule has 1 aliphatic heterocycles. The van der Waals surface area contributed by atoms with Gasteiger partial charge in [-0.1, -0.05) is 25.1 Å². The second-order valence-corrected chi connectivity index (χ2v) is 8.62. The molecule has 0 aliphatic carbocycles. The molecule has 1 aliphatic rings.